The SMILES string of the molecule is Cc1nccc(CN2CC[C@H](NC(=O)C(C)C)[C@@H](O)CC2)n1. The van der Waals surface area contributed by atoms with Crippen molar-refractivity contribution in [2.24, 2.45) is 5.92 Å². The van der Waals surface area contributed by atoms with Gasteiger partial charge in [-0.05, 0) is 25.8 Å². The van der Waals surface area contributed by atoms with Gasteiger partial charge in [-0.25, -0.2) is 9.97 Å². The lowest BCUT2D eigenvalue weighted by Crippen LogP contribution is -2.44. The van der Waals surface area contributed by atoms with Gasteiger partial charge in [-0.15, -0.1) is 0 Å². The Balaban J connectivity index is 1.92. The van der Waals surface area contributed by atoms with Gasteiger partial charge in [0, 0.05) is 31.7 Å². The molecule has 1 aliphatic rings. The fraction of sp³-hybridized carbons (Fsp3) is 0.688. The minimum Gasteiger partial charge on any atom is -0.391 e. The Kier molecular flexibility index (Phi) is 5.85. The van der Waals surface area contributed by atoms with E-state index in [0.29, 0.717) is 6.42 Å². The molecule has 0 bridgehead atoms. The highest BCUT2D eigenvalue weighted by Gasteiger charge is 2.26. The van der Waals surface area contributed by atoms with Crippen molar-refractivity contribution in [1.82, 2.24) is 20.2 Å². The zero-order valence-corrected chi connectivity index (χ0v) is 13.6. The molecule has 2 atom stereocenters. The number of aliphatic hydroxyl groups is 1. The summed E-state index contributed by atoms with van der Waals surface area (Å²) in [6.07, 6.45) is 2.70. The lowest BCUT2D eigenvalue weighted by atomic mass is 10.1. The third kappa shape index (κ3) is 4.74. The second-order valence-electron chi connectivity index (χ2n) is 6.29. The Morgan fingerprint density at radius 2 is 2.18 bits per heavy atom. The smallest absolute Gasteiger partial charge is 0.222 e. The summed E-state index contributed by atoms with van der Waals surface area (Å²) in [6.45, 7) is 8.00. The van der Waals surface area contributed by atoms with Crippen LogP contribution in [0.2, 0.25) is 0 Å². The van der Waals surface area contributed by atoms with Crippen molar-refractivity contribution in [1.29, 1.82) is 0 Å². The van der Waals surface area contributed by atoms with Gasteiger partial charge in [-0.2, -0.15) is 0 Å². The summed E-state index contributed by atoms with van der Waals surface area (Å²) in [5.41, 5.74) is 0.992. The topological polar surface area (TPSA) is 78.4 Å². The number of nitrogens with zero attached hydrogens (tertiary/aromatic N) is 3. The minimum absolute atomic E-state index is 0.00363. The number of aliphatic hydroxyl groups excluding tert-OH is 1. The number of hydrogen-bond acceptors (Lipinski definition) is 5. The average molecular weight is 306 g/mol. The van der Waals surface area contributed by atoms with E-state index in [1.54, 1.807) is 6.20 Å². The van der Waals surface area contributed by atoms with Crippen LogP contribution in [-0.2, 0) is 11.3 Å². The highest BCUT2D eigenvalue weighted by molar-refractivity contribution is 5.78. The van der Waals surface area contributed by atoms with E-state index in [1.165, 1.54) is 0 Å². The van der Waals surface area contributed by atoms with Crippen molar-refractivity contribution in [3.63, 3.8) is 0 Å². The van der Waals surface area contributed by atoms with Crippen molar-refractivity contribution in [2.75, 3.05) is 13.1 Å². The van der Waals surface area contributed by atoms with Crippen molar-refractivity contribution >= 4 is 5.91 Å². The first-order chi connectivity index (χ1) is 10.5. The number of amides is 1. The van der Waals surface area contributed by atoms with E-state index in [2.05, 4.69) is 20.2 Å². The molecule has 0 aromatic carbocycles. The lowest BCUT2D eigenvalue weighted by molar-refractivity contribution is -0.125. The Labute approximate surface area is 132 Å². The first-order valence-electron chi connectivity index (χ1n) is 7.95. The van der Waals surface area contributed by atoms with E-state index in [9.17, 15) is 9.90 Å². The normalized spacial score (nSPS) is 23.3. The zero-order valence-electron chi connectivity index (χ0n) is 13.6. The van der Waals surface area contributed by atoms with Gasteiger partial charge in [0.25, 0.3) is 0 Å². The summed E-state index contributed by atoms with van der Waals surface area (Å²) in [5.74, 6) is 0.717. The van der Waals surface area contributed by atoms with Gasteiger partial charge < -0.3 is 10.4 Å². The highest BCUT2D eigenvalue weighted by atomic mass is 16.3. The number of likely N-dealkylation sites (tertiary alicyclic amines) is 1. The molecule has 0 unspecified atom stereocenters. The van der Waals surface area contributed by atoms with Crippen LogP contribution < -0.4 is 5.32 Å². The Morgan fingerprint density at radius 1 is 1.45 bits per heavy atom. The van der Waals surface area contributed by atoms with Gasteiger partial charge in [0.05, 0.1) is 17.8 Å². The molecule has 2 N–H and O–H groups in total. The van der Waals surface area contributed by atoms with Crippen LogP contribution in [0.5, 0.6) is 0 Å². The number of hydrogen-bond donors (Lipinski definition) is 2. The molecule has 0 aliphatic carbocycles. The molecule has 1 aromatic rings. The van der Waals surface area contributed by atoms with Crippen molar-refractivity contribution in [3.8, 4) is 0 Å². The molecular formula is C16H26N4O2. The predicted molar refractivity (Wildman–Crippen MR) is 84.1 cm³/mol. The first kappa shape index (κ1) is 16.8. The summed E-state index contributed by atoms with van der Waals surface area (Å²) < 4.78 is 0. The number of aromatic nitrogens is 2. The molecule has 0 spiro atoms. The molecule has 1 fully saturated rings. The third-order valence-corrected chi connectivity index (χ3v) is 4.03. The Morgan fingerprint density at radius 3 is 2.86 bits per heavy atom. The average Bonchev–Trinajstić information content (AvgIpc) is 2.63. The molecule has 1 aromatic heterocycles. The number of carbonyl (C=O) groups is 1. The monoisotopic (exact) mass is 306 g/mol. The van der Waals surface area contributed by atoms with Crippen LogP contribution in [0, 0.1) is 12.8 Å². The predicted octanol–water partition coefficient (Wildman–Crippen LogP) is 0.883. The van der Waals surface area contributed by atoms with E-state index in [1.807, 2.05) is 26.8 Å². The maximum Gasteiger partial charge on any atom is 0.222 e. The van der Waals surface area contributed by atoms with E-state index in [-0.39, 0.29) is 17.9 Å². The van der Waals surface area contributed by atoms with E-state index >= 15 is 0 Å². The second-order valence-corrected chi connectivity index (χ2v) is 6.29. The van der Waals surface area contributed by atoms with Crippen LogP contribution in [0.1, 0.15) is 38.2 Å². The van der Waals surface area contributed by atoms with Crippen LogP contribution in [0.3, 0.4) is 0 Å². The van der Waals surface area contributed by atoms with Crippen LogP contribution in [0.15, 0.2) is 12.3 Å². The summed E-state index contributed by atoms with van der Waals surface area (Å²) >= 11 is 0. The zero-order chi connectivity index (χ0) is 16.1. The van der Waals surface area contributed by atoms with E-state index in [4.69, 9.17) is 0 Å². The van der Waals surface area contributed by atoms with Gasteiger partial charge in [-0.3, -0.25) is 9.69 Å². The molecule has 0 radical (unpaired) electrons. The largest absolute Gasteiger partial charge is 0.391 e. The minimum atomic E-state index is -0.486. The molecule has 6 heteroatoms. The van der Waals surface area contributed by atoms with Crippen molar-refractivity contribution < 1.29 is 9.90 Å². The third-order valence-electron chi connectivity index (χ3n) is 4.03. The van der Waals surface area contributed by atoms with E-state index < -0.39 is 6.10 Å². The first-order valence-corrected chi connectivity index (χ1v) is 7.95. The van der Waals surface area contributed by atoms with Gasteiger partial charge in [0.15, 0.2) is 0 Å². The standard InChI is InChI=1S/C16H26N4O2/c1-11(2)16(22)19-14-5-8-20(9-6-15(14)21)10-13-4-7-17-12(3)18-13/h4,7,11,14-15,21H,5-6,8-10H2,1-3H3,(H,19,22)/t14-,15-/m0/s1. The van der Waals surface area contributed by atoms with Crippen molar-refractivity contribution in [2.45, 2.75) is 52.3 Å². The molecule has 1 saturated heterocycles. The summed E-state index contributed by atoms with van der Waals surface area (Å²) in [4.78, 5) is 22.6. The van der Waals surface area contributed by atoms with Gasteiger partial charge >= 0.3 is 0 Å². The molecule has 1 amide bonds. The van der Waals surface area contributed by atoms with Gasteiger partial charge in [0.2, 0.25) is 5.91 Å². The maximum atomic E-state index is 11.8. The number of nitrogens with one attached hydrogen (secondary N) is 1. The van der Waals surface area contributed by atoms with Gasteiger partial charge in [0.1, 0.15) is 5.82 Å². The fourth-order valence-electron chi connectivity index (χ4n) is 2.64. The lowest BCUT2D eigenvalue weighted by Gasteiger charge is -2.22. The summed E-state index contributed by atoms with van der Waals surface area (Å²) in [7, 11) is 0. The fourth-order valence-corrected chi connectivity index (χ4v) is 2.64. The Hall–Kier alpha value is -1.53. The maximum absolute atomic E-state index is 11.8. The van der Waals surface area contributed by atoms with E-state index in [0.717, 1.165) is 37.6 Å². The molecule has 122 valence electrons. The van der Waals surface area contributed by atoms with Crippen LogP contribution in [0.4, 0.5) is 0 Å². The number of carbonyl (C=O) groups excluding carboxylic acids is 1. The molecule has 6 nitrogen and oxygen atoms in total. The quantitative estimate of drug-likeness (QED) is 0.863. The highest BCUT2D eigenvalue weighted by Crippen LogP contribution is 2.14. The number of rotatable bonds is 4. The number of aryl methyl sites for hydroxylation is 1. The summed E-state index contributed by atoms with van der Waals surface area (Å²) in [5, 5.41) is 13.2. The second kappa shape index (κ2) is 7.65. The molecule has 2 heterocycles. The van der Waals surface area contributed by atoms with Crippen LogP contribution in [0.25, 0.3) is 0 Å². The Bertz CT molecular complexity index is 507. The molecule has 0 saturated carbocycles. The van der Waals surface area contributed by atoms with Crippen molar-refractivity contribution in [3.05, 3.63) is 23.8 Å². The van der Waals surface area contributed by atoms with Gasteiger partial charge in [-0.1, -0.05) is 13.8 Å². The summed E-state index contributed by atoms with van der Waals surface area (Å²) in [6, 6.07) is 1.76. The molecular weight excluding hydrogens is 280 g/mol. The molecule has 2 rings (SSSR count). The van der Waals surface area contributed by atoms with Crippen LogP contribution >= 0.6 is 0 Å². The molecule has 22 heavy (non-hydrogen) atoms. The molecule has 1 aliphatic heterocycles. The van der Waals surface area contributed by atoms with Crippen LogP contribution in [-0.4, -0.2) is 51.1 Å².